The van der Waals surface area contributed by atoms with Crippen LogP contribution in [0.5, 0.6) is 0 Å². The third kappa shape index (κ3) is 4.01. The van der Waals surface area contributed by atoms with E-state index in [1.54, 1.807) is 17.2 Å². The Bertz CT molecular complexity index is 1110. The smallest absolute Gasteiger partial charge is 0.270 e. The average molecular weight is 485 g/mol. The van der Waals surface area contributed by atoms with E-state index >= 15 is 0 Å². The lowest BCUT2D eigenvalue weighted by Gasteiger charge is -2.58. The Morgan fingerprint density at radius 2 is 1.86 bits per heavy atom. The van der Waals surface area contributed by atoms with Crippen molar-refractivity contribution < 1.29 is 18.7 Å². The number of aromatic nitrogens is 3. The molecule has 0 spiro atoms. The highest BCUT2D eigenvalue weighted by molar-refractivity contribution is 5.92. The second-order valence-electron chi connectivity index (χ2n) is 10.9. The molecule has 3 unspecified atom stereocenters. The molecule has 1 aliphatic heterocycles. The molecule has 1 saturated heterocycles. The summed E-state index contributed by atoms with van der Waals surface area (Å²) in [5, 5.41) is 14.0. The van der Waals surface area contributed by atoms with Crippen LogP contribution in [-0.4, -0.2) is 63.3 Å². The van der Waals surface area contributed by atoms with Crippen LogP contribution in [-0.2, 0) is 0 Å². The molecule has 35 heavy (non-hydrogen) atoms. The molecule has 5 aliphatic rings. The zero-order valence-corrected chi connectivity index (χ0v) is 19.7. The number of halogens is 2. The predicted molar refractivity (Wildman–Crippen MR) is 125 cm³/mol. The van der Waals surface area contributed by atoms with E-state index in [0.29, 0.717) is 49.0 Å². The summed E-state index contributed by atoms with van der Waals surface area (Å²) in [6.45, 7) is 3.17. The summed E-state index contributed by atoms with van der Waals surface area (Å²) in [5.41, 5.74) is -0.301. The van der Waals surface area contributed by atoms with Crippen molar-refractivity contribution in [2.45, 2.75) is 56.7 Å². The van der Waals surface area contributed by atoms with E-state index in [1.165, 1.54) is 0 Å². The van der Waals surface area contributed by atoms with Gasteiger partial charge in [0.1, 0.15) is 11.4 Å². The Hall–Kier alpha value is -2.88. The number of nitrogens with zero attached hydrogens (tertiary/aromatic N) is 5. The third-order valence-electron chi connectivity index (χ3n) is 8.44. The van der Waals surface area contributed by atoms with Gasteiger partial charge in [0.25, 0.3) is 5.91 Å². The molecule has 8 nitrogen and oxygen atoms in total. The van der Waals surface area contributed by atoms with Gasteiger partial charge in [0.2, 0.25) is 5.95 Å². The van der Waals surface area contributed by atoms with Crippen LogP contribution in [0.4, 0.5) is 20.4 Å². The van der Waals surface area contributed by atoms with Crippen LogP contribution in [0.1, 0.15) is 49.5 Å². The molecule has 4 bridgehead atoms. The van der Waals surface area contributed by atoms with Gasteiger partial charge in [-0.1, -0.05) is 0 Å². The van der Waals surface area contributed by atoms with Gasteiger partial charge in [0.05, 0.1) is 18.0 Å². The highest BCUT2D eigenvalue weighted by atomic mass is 19.1. The van der Waals surface area contributed by atoms with E-state index in [0.717, 1.165) is 44.5 Å². The number of aliphatic hydroxyl groups is 1. The van der Waals surface area contributed by atoms with Crippen molar-refractivity contribution in [1.82, 2.24) is 20.3 Å². The lowest BCUT2D eigenvalue weighted by atomic mass is 9.52. The van der Waals surface area contributed by atoms with E-state index in [9.17, 15) is 18.7 Å². The number of amides is 1. The van der Waals surface area contributed by atoms with Crippen LogP contribution < -0.4 is 15.1 Å². The first-order valence-corrected chi connectivity index (χ1v) is 12.5. The zero-order valence-electron chi connectivity index (χ0n) is 19.7. The molecule has 4 aliphatic carbocycles. The van der Waals surface area contributed by atoms with Gasteiger partial charge in [-0.3, -0.25) is 9.78 Å². The normalized spacial score (nSPS) is 33.8. The molecule has 186 valence electrons. The first kappa shape index (κ1) is 22.6. The maximum absolute atomic E-state index is 14.2. The van der Waals surface area contributed by atoms with Crippen LogP contribution in [0.15, 0.2) is 24.7 Å². The summed E-state index contributed by atoms with van der Waals surface area (Å²) in [6.07, 6.45) is 8.19. The van der Waals surface area contributed by atoms with Gasteiger partial charge in [0, 0.05) is 37.9 Å². The van der Waals surface area contributed by atoms with Crippen LogP contribution >= 0.6 is 0 Å². The fourth-order valence-electron chi connectivity index (χ4n) is 7.22. The standard InChI is InChI=1S/C25H30F2N6O2/c1-14-13-32(22-18(26)11-28-12-19(22)27)4-5-33(14)24-29-3-2-20(30-24)23(34)31-21-16-6-15-7-17(21)10-25(35,8-15)9-16/h2-3,11-12,14-17,21,35H,4-10,13H2,1H3,(H,31,34). The Morgan fingerprint density at radius 1 is 1.14 bits per heavy atom. The molecule has 7 rings (SSSR count). The Balaban J connectivity index is 1.14. The molecule has 2 aromatic heterocycles. The predicted octanol–water partition coefficient (Wildman–Crippen LogP) is 2.53. The molecule has 3 heterocycles. The number of carbonyl (C=O) groups is 1. The third-order valence-corrected chi connectivity index (χ3v) is 8.44. The number of hydrogen-bond acceptors (Lipinski definition) is 7. The van der Waals surface area contributed by atoms with Crippen LogP contribution in [0, 0.1) is 29.4 Å². The Morgan fingerprint density at radius 3 is 2.51 bits per heavy atom. The number of carbonyl (C=O) groups excluding carboxylic acids is 1. The second kappa shape index (κ2) is 8.36. The maximum Gasteiger partial charge on any atom is 0.270 e. The topological polar surface area (TPSA) is 94.5 Å². The number of hydrogen-bond donors (Lipinski definition) is 2. The first-order chi connectivity index (χ1) is 16.8. The summed E-state index contributed by atoms with van der Waals surface area (Å²) in [4.78, 5) is 29.3. The molecule has 5 fully saturated rings. The van der Waals surface area contributed by atoms with E-state index < -0.39 is 17.2 Å². The number of piperazine rings is 1. The summed E-state index contributed by atoms with van der Waals surface area (Å²) >= 11 is 0. The van der Waals surface area contributed by atoms with E-state index in [-0.39, 0.29) is 23.7 Å². The lowest BCUT2D eigenvalue weighted by Crippen LogP contribution is -2.61. The maximum atomic E-state index is 14.2. The van der Waals surface area contributed by atoms with Gasteiger partial charge in [-0.2, -0.15) is 0 Å². The molecule has 3 atom stereocenters. The van der Waals surface area contributed by atoms with Crippen molar-refractivity contribution in [2.24, 2.45) is 17.8 Å². The van der Waals surface area contributed by atoms with E-state index in [4.69, 9.17) is 0 Å². The molecular formula is C25H30F2N6O2. The van der Waals surface area contributed by atoms with Gasteiger partial charge >= 0.3 is 0 Å². The highest BCUT2D eigenvalue weighted by Crippen LogP contribution is 2.55. The quantitative estimate of drug-likeness (QED) is 0.689. The summed E-state index contributed by atoms with van der Waals surface area (Å²) < 4.78 is 28.4. The lowest BCUT2D eigenvalue weighted by molar-refractivity contribution is -0.136. The molecule has 10 heteroatoms. The number of nitrogens with one attached hydrogen (secondary N) is 1. The molecular weight excluding hydrogens is 454 g/mol. The fourth-order valence-corrected chi connectivity index (χ4v) is 7.22. The Kier molecular flexibility index (Phi) is 5.39. The van der Waals surface area contributed by atoms with Gasteiger partial charge in [0.15, 0.2) is 11.6 Å². The van der Waals surface area contributed by atoms with E-state index in [2.05, 4.69) is 20.3 Å². The van der Waals surface area contributed by atoms with Crippen molar-refractivity contribution in [2.75, 3.05) is 29.4 Å². The van der Waals surface area contributed by atoms with Crippen molar-refractivity contribution in [1.29, 1.82) is 0 Å². The van der Waals surface area contributed by atoms with Gasteiger partial charge < -0.3 is 20.2 Å². The molecule has 0 radical (unpaired) electrons. The number of anilines is 2. The summed E-state index contributed by atoms with van der Waals surface area (Å²) in [6, 6.07) is 1.56. The minimum absolute atomic E-state index is 0.0686. The highest BCUT2D eigenvalue weighted by Gasteiger charge is 2.55. The van der Waals surface area contributed by atoms with Crippen molar-refractivity contribution >= 4 is 17.5 Å². The van der Waals surface area contributed by atoms with Gasteiger partial charge in [-0.05, 0) is 62.8 Å². The van der Waals surface area contributed by atoms with Crippen LogP contribution in [0.25, 0.3) is 0 Å². The minimum Gasteiger partial charge on any atom is -0.390 e. The molecule has 2 N–H and O–H groups in total. The Labute approximate surface area is 202 Å². The molecule has 0 aromatic carbocycles. The number of rotatable bonds is 4. The van der Waals surface area contributed by atoms with E-state index in [1.807, 2.05) is 11.8 Å². The van der Waals surface area contributed by atoms with Crippen molar-refractivity contribution in [3.63, 3.8) is 0 Å². The van der Waals surface area contributed by atoms with Gasteiger partial charge in [-0.15, -0.1) is 0 Å². The monoisotopic (exact) mass is 484 g/mol. The number of pyridine rings is 1. The van der Waals surface area contributed by atoms with Crippen LogP contribution in [0.2, 0.25) is 0 Å². The van der Waals surface area contributed by atoms with Gasteiger partial charge in [-0.25, -0.2) is 18.7 Å². The first-order valence-electron chi connectivity index (χ1n) is 12.5. The average Bonchev–Trinajstić information content (AvgIpc) is 2.80. The SMILES string of the molecule is CC1CN(c2c(F)cncc2F)CCN1c1nccc(C(=O)NC2C3CC4CC2CC(O)(C4)C3)n1. The largest absolute Gasteiger partial charge is 0.390 e. The van der Waals surface area contributed by atoms with Crippen molar-refractivity contribution in [3.8, 4) is 0 Å². The summed E-state index contributed by atoms with van der Waals surface area (Å²) in [7, 11) is 0. The minimum atomic E-state index is -0.683. The second-order valence-corrected chi connectivity index (χ2v) is 10.9. The molecule has 4 saturated carbocycles. The zero-order chi connectivity index (χ0) is 24.3. The van der Waals surface area contributed by atoms with Crippen LogP contribution in [0.3, 0.4) is 0 Å². The molecule has 1 amide bonds. The fraction of sp³-hybridized carbons (Fsp3) is 0.600. The molecule has 2 aromatic rings. The summed E-state index contributed by atoms with van der Waals surface area (Å²) in [5.74, 6) is 0.0582. The van der Waals surface area contributed by atoms with Crippen molar-refractivity contribution in [3.05, 3.63) is 42.0 Å².